The number of carbonyl (C=O) groups excluding carboxylic acids is 1. The van der Waals surface area contributed by atoms with Crippen LogP contribution < -0.4 is 5.32 Å². The molecule has 0 aliphatic carbocycles. The Morgan fingerprint density at radius 3 is 2.96 bits per heavy atom. The van der Waals surface area contributed by atoms with Crippen LogP contribution in [-0.2, 0) is 18.4 Å². The minimum atomic E-state index is -0.181. The van der Waals surface area contributed by atoms with E-state index in [1.54, 1.807) is 19.2 Å². The molecule has 1 saturated heterocycles. The van der Waals surface area contributed by atoms with Gasteiger partial charge in [-0.15, -0.1) is 0 Å². The van der Waals surface area contributed by atoms with E-state index in [0.717, 1.165) is 19.4 Å². The van der Waals surface area contributed by atoms with Crippen LogP contribution in [-0.4, -0.2) is 47.8 Å². The molecule has 1 N–H and O–H groups in total. The summed E-state index contributed by atoms with van der Waals surface area (Å²) in [7, 11) is 5.70. The molecule has 25 heavy (non-hydrogen) atoms. The summed E-state index contributed by atoms with van der Waals surface area (Å²) in [6.07, 6.45) is 4.03. The molecule has 0 aromatic carbocycles. The predicted octanol–water partition coefficient (Wildman–Crippen LogP) is 1.97. The fourth-order valence-corrected chi connectivity index (χ4v) is 3.65. The molecule has 0 bridgehead atoms. The van der Waals surface area contributed by atoms with Crippen molar-refractivity contribution in [3.63, 3.8) is 0 Å². The topological polar surface area (TPSA) is 72.5 Å². The number of ether oxygens (including phenoxy) is 1. The zero-order valence-corrected chi connectivity index (χ0v) is 15.1. The summed E-state index contributed by atoms with van der Waals surface area (Å²) in [5.41, 5.74) is 1.18. The van der Waals surface area contributed by atoms with E-state index in [-0.39, 0.29) is 11.9 Å². The molecule has 136 valence electrons. The number of nitrogens with one attached hydrogen (secondary N) is 1. The maximum atomic E-state index is 12.4. The van der Waals surface area contributed by atoms with Crippen molar-refractivity contribution in [3.8, 4) is 0 Å². The van der Waals surface area contributed by atoms with Crippen LogP contribution in [0.2, 0.25) is 0 Å². The van der Waals surface area contributed by atoms with Gasteiger partial charge in [-0.2, -0.15) is 5.10 Å². The second-order valence-corrected chi connectivity index (χ2v) is 6.62. The molecule has 0 radical (unpaired) electrons. The summed E-state index contributed by atoms with van der Waals surface area (Å²) in [5.74, 6) is 1.14. The van der Waals surface area contributed by atoms with Gasteiger partial charge in [0.2, 0.25) is 0 Å². The van der Waals surface area contributed by atoms with Crippen LogP contribution in [0.15, 0.2) is 28.8 Å². The Morgan fingerprint density at radius 1 is 1.40 bits per heavy atom. The van der Waals surface area contributed by atoms with Crippen LogP contribution in [0.25, 0.3) is 0 Å². The number of rotatable bonds is 6. The van der Waals surface area contributed by atoms with E-state index in [4.69, 9.17) is 9.15 Å². The van der Waals surface area contributed by atoms with Gasteiger partial charge in [0.15, 0.2) is 5.76 Å². The number of amides is 1. The van der Waals surface area contributed by atoms with Crippen LogP contribution in [0.4, 0.5) is 0 Å². The summed E-state index contributed by atoms with van der Waals surface area (Å²) in [5, 5.41) is 7.33. The number of furan rings is 1. The molecule has 1 amide bonds. The van der Waals surface area contributed by atoms with Gasteiger partial charge >= 0.3 is 0 Å². The molecule has 2 aromatic rings. The summed E-state index contributed by atoms with van der Waals surface area (Å²) in [4.78, 5) is 14.7. The standard InChI is InChI=1S/C18H26N4O3/c1-21-10-4-5-13(17(21)15-8-9-20-22(15)2)11-19-18(23)16-7-6-14(25-16)12-24-3/h6-9,13,17H,4-5,10-12H2,1-3H3,(H,19,23)/t13-,17+/m0/s1. The van der Waals surface area contributed by atoms with Crippen molar-refractivity contribution in [2.75, 3.05) is 27.2 Å². The van der Waals surface area contributed by atoms with Gasteiger partial charge < -0.3 is 14.5 Å². The third kappa shape index (κ3) is 3.93. The highest BCUT2D eigenvalue weighted by Crippen LogP contribution is 2.34. The van der Waals surface area contributed by atoms with Gasteiger partial charge in [0.1, 0.15) is 12.4 Å². The first-order valence-electron chi connectivity index (χ1n) is 8.64. The SMILES string of the molecule is COCc1ccc(C(=O)NC[C@@H]2CCCN(C)[C@H]2c2ccnn2C)o1. The first-order valence-corrected chi connectivity index (χ1v) is 8.64. The van der Waals surface area contributed by atoms with E-state index < -0.39 is 0 Å². The van der Waals surface area contributed by atoms with Gasteiger partial charge in [0.25, 0.3) is 5.91 Å². The molecule has 3 rings (SSSR count). The first kappa shape index (κ1) is 17.7. The second-order valence-electron chi connectivity index (χ2n) is 6.62. The number of aromatic nitrogens is 2. The number of likely N-dealkylation sites (tertiary alicyclic amines) is 1. The van der Waals surface area contributed by atoms with E-state index in [1.165, 1.54) is 5.69 Å². The van der Waals surface area contributed by atoms with Gasteiger partial charge in [0.05, 0.1) is 11.7 Å². The lowest BCUT2D eigenvalue weighted by atomic mass is 9.87. The number of nitrogens with zero attached hydrogens (tertiary/aromatic N) is 3. The van der Waals surface area contributed by atoms with Gasteiger partial charge in [-0.25, -0.2) is 0 Å². The van der Waals surface area contributed by atoms with Gasteiger partial charge in [0, 0.05) is 26.9 Å². The van der Waals surface area contributed by atoms with Gasteiger partial charge in [-0.1, -0.05) is 0 Å². The molecule has 2 atom stereocenters. The number of carbonyl (C=O) groups is 1. The molecule has 1 aliphatic rings. The molecule has 7 heteroatoms. The maximum absolute atomic E-state index is 12.4. The number of hydrogen-bond donors (Lipinski definition) is 1. The third-order valence-corrected chi connectivity index (χ3v) is 4.87. The molecule has 0 unspecified atom stereocenters. The Labute approximate surface area is 147 Å². The molecule has 7 nitrogen and oxygen atoms in total. The number of hydrogen-bond acceptors (Lipinski definition) is 5. The Hall–Kier alpha value is -2.12. The molecule has 3 heterocycles. The van der Waals surface area contributed by atoms with Crippen molar-refractivity contribution >= 4 is 5.91 Å². The van der Waals surface area contributed by atoms with Crippen molar-refractivity contribution in [1.82, 2.24) is 20.0 Å². The quantitative estimate of drug-likeness (QED) is 0.866. The van der Waals surface area contributed by atoms with Crippen molar-refractivity contribution in [1.29, 1.82) is 0 Å². The largest absolute Gasteiger partial charge is 0.453 e. The molecule has 0 saturated carbocycles. The van der Waals surface area contributed by atoms with E-state index in [0.29, 0.717) is 30.6 Å². The molecule has 2 aromatic heterocycles. The highest BCUT2D eigenvalue weighted by atomic mass is 16.5. The Bertz CT molecular complexity index is 709. The van der Waals surface area contributed by atoms with Crippen molar-refractivity contribution in [2.45, 2.75) is 25.5 Å². The minimum Gasteiger partial charge on any atom is -0.453 e. The monoisotopic (exact) mass is 346 g/mol. The van der Waals surface area contributed by atoms with Gasteiger partial charge in [-0.05, 0) is 50.6 Å². The zero-order valence-electron chi connectivity index (χ0n) is 15.1. The Balaban J connectivity index is 1.65. The van der Waals surface area contributed by atoms with E-state index in [2.05, 4.69) is 28.4 Å². The summed E-state index contributed by atoms with van der Waals surface area (Å²) in [6.45, 7) is 2.03. The third-order valence-electron chi connectivity index (χ3n) is 4.87. The average Bonchev–Trinajstić information content (AvgIpc) is 3.22. The van der Waals surface area contributed by atoms with Crippen LogP contribution in [0, 0.1) is 5.92 Å². The van der Waals surface area contributed by atoms with Crippen LogP contribution >= 0.6 is 0 Å². The molecule has 1 fully saturated rings. The van der Waals surface area contributed by atoms with Crippen molar-refractivity contribution < 1.29 is 13.9 Å². The van der Waals surface area contributed by atoms with E-state index >= 15 is 0 Å². The fourth-order valence-electron chi connectivity index (χ4n) is 3.65. The maximum Gasteiger partial charge on any atom is 0.287 e. The van der Waals surface area contributed by atoms with E-state index in [1.807, 2.05) is 17.9 Å². The van der Waals surface area contributed by atoms with Crippen LogP contribution in [0.1, 0.15) is 40.9 Å². The number of methoxy groups -OCH3 is 1. The van der Waals surface area contributed by atoms with Crippen LogP contribution in [0.3, 0.4) is 0 Å². The molecule has 1 aliphatic heterocycles. The predicted molar refractivity (Wildman–Crippen MR) is 93.1 cm³/mol. The lowest BCUT2D eigenvalue weighted by Crippen LogP contribution is -2.42. The summed E-state index contributed by atoms with van der Waals surface area (Å²) < 4.78 is 12.4. The van der Waals surface area contributed by atoms with Crippen LogP contribution in [0.5, 0.6) is 0 Å². The average molecular weight is 346 g/mol. The first-order chi connectivity index (χ1) is 12.1. The van der Waals surface area contributed by atoms with Gasteiger partial charge in [-0.3, -0.25) is 14.4 Å². The highest BCUT2D eigenvalue weighted by Gasteiger charge is 2.32. The zero-order chi connectivity index (χ0) is 17.8. The number of piperidine rings is 1. The Kier molecular flexibility index (Phi) is 5.55. The summed E-state index contributed by atoms with van der Waals surface area (Å²) in [6, 6.07) is 5.77. The fraction of sp³-hybridized carbons (Fsp3) is 0.556. The molecule has 0 spiro atoms. The summed E-state index contributed by atoms with van der Waals surface area (Å²) >= 11 is 0. The second kappa shape index (κ2) is 7.84. The highest BCUT2D eigenvalue weighted by molar-refractivity contribution is 5.91. The van der Waals surface area contributed by atoms with Crippen molar-refractivity contribution in [3.05, 3.63) is 41.6 Å². The lowest BCUT2D eigenvalue weighted by molar-refractivity contribution is 0.0849. The van der Waals surface area contributed by atoms with E-state index in [9.17, 15) is 4.79 Å². The normalized spacial score (nSPS) is 21.4. The smallest absolute Gasteiger partial charge is 0.287 e. The van der Waals surface area contributed by atoms with Crippen molar-refractivity contribution in [2.24, 2.45) is 13.0 Å². The minimum absolute atomic E-state index is 0.181. The molecular weight excluding hydrogens is 320 g/mol. The Morgan fingerprint density at radius 2 is 2.24 bits per heavy atom. The molecular formula is C18H26N4O3. The lowest BCUT2D eigenvalue weighted by Gasteiger charge is -2.39. The number of aryl methyl sites for hydroxylation is 1.